The number of halogens is 1. The highest BCUT2D eigenvalue weighted by molar-refractivity contribution is 6.67. The third kappa shape index (κ3) is 6.05. The maximum absolute atomic E-state index is 10.6. The molecule has 2 aromatic carbocycles. The molecule has 3 rings (SSSR count). The summed E-state index contributed by atoms with van der Waals surface area (Å²) in [7, 11) is 0. The molecule has 0 spiro atoms. The molecule has 0 N–H and O–H groups in total. The minimum absolute atomic E-state index is 0.399. The number of carbonyl (C=O) groups is 1. The van der Waals surface area contributed by atoms with E-state index in [2.05, 4.69) is 35.3 Å². The van der Waals surface area contributed by atoms with Crippen molar-refractivity contribution in [2.75, 3.05) is 0 Å². The first-order valence-electron chi connectivity index (χ1n) is 7.34. The number of hydrogen-bond donors (Lipinski definition) is 0. The number of benzene rings is 2. The smallest absolute Gasteiger partial charge is 0.252 e. The van der Waals surface area contributed by atoms with Crippen LogP contribution in [0.4, 0.5) is 0 Å². The topological polar surface area (TPSA) is 30.0 Å². The van der Waals surface area contributed by atoms with Crippen molar-refractivity contribution in [1.82, 2.24) is 4.98 Å². The Hall–Kier alpha value is -2.45. The highest BCUT2D eigenvalue weighted by Gasteiger charge is 1.98. The van der Waals surface area contributed by atoms with E-state index in [4.69, 9.17) is 11.6 Å². The Morgan fingerprint density at radius 2 is 1.70 bits per heavy atom. The molecule has 1 heterocycles. The third-order valence-corrected chi connectivity index (χ3v) is 3.44. The Balaban J connectivity index is 0.000000174. The molecule has 0 aliphatic heterocycles. The minimum Gasteiger partial charge on any atom is -0.276 e. The third-order valence-electron chi connectivity index (χ3n) is 3.22. The van der Waals surface area contributed by atoms with Crippen molar-refractivity contribution in [3.63, 3.8) is 0 Å². The fourth-order valence-electron chi connectivity index (χ4n) is 2.10. The predicted molar refractivity (Wildman–Crippen MR) is 94.8 cm³/mol. The number of aromatic nitrogens is 1. The zero-order valence-corrected chi connectivity index (χ0v) is 13.7. The molecule has 0 aliphatic rings. The molecule has 23 heavy (non-hydrogen) atoms. The molecule has 0 bridgehead atoms. The summed E-state index contributed by atoms with van der Waals surface area (Å²) < 4.78 is 0. The second-order valence-electron chi connectivity index (χ2n) is 5.17. The lowest BCUT2D eigenvalue weighted by Crippen LogP contribution is -1.87. The largest absolute Gasteiger partial charge is 0.276 e. The Kier molecular flexibility index (Phi) is 6.52. The summed E-state index contributed by atoms with van der Waals surface area (Å²) in [5.74, 6) is 0. The molecule has 116 valence electrons. The molecule has 2 nitrogen and oxygen atoms in total. The van der Waals surface area contributed by atoms with Gasteiger partial charge in [0.15, 0.2) is 0 Å². The Bertz CT molecular complexity index is 704. The molecule has 3 heteroatoms. The standard InChI is InChI=1S/C12H11N.C8H7ClO/c1-2-5-11(6-3-1)9-12-7-4-8-13-10-12;1-6-3-2-4-7(5-6)8(9)10/h1-8,10H,9H2;2-5H,1H3. The highest BCUT2D eigenvalue weighted by Crippen LogP contribution is 2.07. The van der Waals surface area contributed by atoms with E-state index in [-0.39, 0.29) is 0 Å². The van der Waals surface area contributed by atoms with Gasteiger partial charge in [-0.15, -0.1) is 0 Å². The van der Waals surface area contributed by atoms with Crippen LogP contribution in [-0.4, -0.2) is 10.2 Å². The molecule has 0 saturated heterocycles. The van der Waals surface area contributed by atoms with Gasteiger partial charge in [0.2, 0.25) is 0 Å². The van der Waals surface area contributed by atoms with E-state index in [0.717, 1.165) is 12.0 Å². The first-order valence-corrected chi connectivity index (χ1v) is 7.72. The van der Waals surface area contributed by atoms with Gasteiger partial charge < -0.3 is 0 Å². The molecule has 0 aliphatic carbocycles. The van der Waals surface area contributed by atoms with E-state index >= 15 is 0 Å². The van der Waals surface area contributed by atoms with Crippen LogP contribution in [0.15, 0.2) is 79.1 Å². The second kappa shape index (κ2) is 8.86. The summed E-state index contributed by atoms with van der Waals surface area (Å²) in [4.78, 5) is 14.6. The number of hydrogen-bond acceptors (Lipinski definition) is 2. The maximum Gasteiger partial charge on any atom is 0.252 e. The van der Waals surface area contributed by atoms with Crippen LogP contribution < -0.4 is 0 Å². The van der Waals surface area contributed by atoms with Crippen molar-refractivity contribution >= 4 is 16.8 Å². The molecular weight excluding hydrogens is 306 g/mol. The fraction of sp³-hybridized carbons (Fsp3) is 0.100. The zero-order chi connectivity index (χ0) is 16.5. The Labute approximate surface area is 141 Å². The normalized spacial score (nSPS) is 9.65. The number of rotatable bonds is 3. The van der Waals surface area contributed by atoms with Gasteiger partial charge in [0.05, 0.1) is 0 Å². The Morgan fingerprint density at radius 3 is 2.26 bits per heavy atom. The van der Waals surface area contributed by atoms with Crippen molar-refractivity contribution < 1.29 is 4.79 Å². The maximum atomic E-state index is 10.6. The summed E-state index contributed by atoms with van der Waals surface area (Å²) in [5.41, 5.74) is 4.19. The second-order valence-corrected chi connectivity index (χ2v) is 5.51. The van der Waals surface area contributed by atoms with E-state index < -0.39 is 5.24 Å². The van der Waals surface area contributed by atoms with E-state index in [9.17, 15) is 4.79 Å². The average Bonchev–Trinajstić information content (AvgIpc) is 2.57. The van der Waals surface area contributed by atoms with Crippen molar-refractivity contribution in [1.29, 1.82) is 0 Å². The van der Waals surface area contributed by atoms with Gasteiger partial charge in [-0.3, -0.25) is 9.78 Å². The van der Waals surface area contributed by atoms with Gasteiger partial charge in [-0.1, -0.05) is 60.2 Å². The number of nitrogens with zero attached hydrogens (tertiary/aromatic N) is 1. The molecule has 3 aromatic rings. The number of pyridine rings is 1. The lowest BCUT2D eigenvalue weighted by Gasteiger charge is -1.99. The predicted octanol–water partition coefficient (Wildman–Crippen LogP) is 5.05. The van der Waals surface area contributed by atoms with Crippen LogP contribution in [0.2, 0.25) is 0 Å². The van der Waals surface area contributed by atoms with Crippen LogP contribution in [-0.2, 0) is 6.42 Å². The van der Waals surface area contributed by atoms with Crippen molar-refractivity contribution in [2.24, 2.45) is 0 Å². The molecule has 0 unspecified atom stereocenters. The number of carbonyl (C=O) groups excluding carboxylic acids is 1. The van der Waals surface area contributed by atoms with Crippen LogP contribution in [0.3, 0.4) is 0 Å². The molecule has 0 amide bonds. The number of aryl methyl sites for hydroxylation is 1. The minimum atomic E-state index is -0.399. The lowest BCUT2D eigenvalue weighted by molar-refractivity contribution is 0.108. The van der Waals surface area contributed by atoms with Gasteiger partial charge in [-0.2, -0.15) is 0 Å². The quantitative estimate of drug-likeness (QED) is 0.631. The summed E-state index contributed by atoms with van der Waals surface area (Å²) >= 11 is 5.24. The van der Waals surface area contributed by atoms with E-state index in [1.807, 2.05) is 37.4 Å². The Morgan fingerprint density at radius 1 is 0.957 bits per heavy atom. The van der Waals surface area contributed by atoms with Gasteiger partial charge >= 0.3 is 0 Å². The zero-order valence-electron chi connectivity index (χ0n) is 12.9. The van der Waals surface area contributed by atoms with Crippen LogP contribution in [0.25, 0.3) is 0 Å². The van der Waals surface area contributed by atoms with Crippen LogP contribution in [0.1, 0.15) is 27.0 Å². The van der Waals surface area contributed by atoms with Crippen LogP contribution in [0.5, 0.6) is 0 Å². The van der Waals surface area contributed by atoms with Gasteiger partial charge in [0, 0.05) is 18.0 Å². The highest BCUT2D eigenvalue weighted by atomic mass is 35.5. The molecule has 0 fully saturated rings. The first-order chi connectivity index (χ1) is 11.1. The van der Waals surface area contributed by atoms with Gasteiger partial charge in [-0.05, 0) is 48.2 Å². The molecular formula is C20H18ClNO. The monoisotopic (exact) mass is 323 g/mol. The summed E-state index contributed by atoms with van der Waals surface area (Å²) in [6.45, 7) is 1.92. The van der Waals surface area contributed by atoms with Crippen LogP contribution >= 0.6 is 11.6 Å². The summed E-state index contributed by atoms with van der Waals surface area (Å²) in [5, 5.41) is -0.399. The van der Waals surface area contributed by atoms with Gasteiger partial charge in [0.1, 0.15) is 0 Å². The van der Waals surface area contributed by atoms with Crippen LogP contribution in [0, 0.1) is 6.92 Å². The van der Waals surface area contributed by atoms with Crippen molar-refractivity contribution in [3.05, 3.63) is 101 Å². The fourth-order valence-corrected chi connectivity index (χ4v) is 2.22. The molecule has 0 atom stereocenters. The van der Waals surface area contributed by atoms with E-state index in [1.54, 1.807) is 18.3 Å². The van der Waals surface area contributed by atoms with Crippen molar-refractivity contribution in [2.45, 2.75) is 13.3 Å². The lowest BCUT2D eigenvalue weighted by atomic mass is 10.1. The average molecular weight is 324 g/mol. The van der Waals surface area contributed by atoms with E-state index in [1.165, 1.54) is 11.1 Å². The van der Waals surface area contributed by atoms with E-state index in [0.29, 0.717) is 5.56 Å². The molecule has 0 radical (unpaired) electrons. The molecule has 1 aromatic heterocycles. The molecule has 0 saturated carbocycles. The SMILES string of the molecule is Cc1cccc(C(=O)Cl)c1.c1ccc(Cc2cccnc2)cc1. The summed E-state index contributed by atoms with van der Waals surface area (Å²) in [6.07, 6.45) is 4.68. The van der Waals surface area contributed by atoms with Gasteiger partial charge in [-0.25, -0.2) is 0 Å². The van der Waals surface area contributed by atoms with Gasteiger partial charge in [0.25, 0.3) is 5.24 Å². The van der Waals surface area contributed by atoms with Crippen molar-refractivity contribution in [3.8, 4) is 0 Å². The first kappa shape index (κ1) is 16.9. The summed E-state index contributed by atoms with van der Waals surface area (Å²) in [6, 6.07) is 21.7.